The number of hydrogen-bond acceptors (Lipinski definition) is 3. The molecule has 1 atom stereocenters. The fraction of sp³-hybridized carbons (Fsp3) is 0.444. The van der Waals surface area contributed by atoms with Crippen molar-refractivity contribution in [2.24, 2.45) is 5.41 Å². The molecule has 3 nitrogen and oxygen atoms in total. The van der Waals surface area contributed by atoms with Gasteiger partial charge in [0, 0.05) is 16.6 Å². The van der Waals surface area contributed by atoms with E-state index < -0.39 is 11.0 Å². The third kappa shape index (κ3) is 2.41. The van der Waals surface area contributed by atoms with Gasteiger partial charge in [-0.3, -0.25) is 4.79 Å². The van der Waals surface area contributed by atoms with Crippen molar-refractivity contribution in [3.8, 4) is 0 Å². The van der Waals surface area contributed by atoms with E-state index in [0.717, 1.165) is 17.5 Å². The van der Waals surface area contributed by atoms with Gasteiger partial charge in [0.15, 0.2) is 5.78 Å². The van der Waals surface area contributed by atoms with Crippen molar-refractivity contribution in [2.75, 3.05) is 0 Å². The average molecular weight is 284 g/mol. The van der Waals surface area contributed by atoms with Crippen LogP contribution in [0.2, 0.25) is 0 Å². The van der Waals surface area contributed by atoms with Gasteiger partial charge in [0.2, 0.25) is 0 Å². The molecule has 1 spiro atoms. The summed E-state index contributed by atoms with van der Waals surface area (Å²) in [5.41, 5.74) is 1.61. The molecule has 1 unspecified atom stereocenters. The molecular weight excluding hydrogens is 264 g/mol. The average Bonchev–Trinajstić information content (AvgIpc) is 2.93. The van der Waals surface area contributed by atoms with Crippen LogP contribution in [0.15, 0.2) is 35.9 Å². The van der Waals surface area contributed by atoms with E-state index in [1.807, 2.05) is 51.1 Å². The lowest BCUT2D eigenvalue weighted by Crippen LogP contribution is -2.28. The van der Waals surface area contributed by atoms with Crippen molar-refractivity contribution in [3.63, 3.8) is 0 Å². The molecule has 0 saturated heterocycles. The predicted octanol–water partition coefficient (Wildman–Crippen LogP) is 3.47. The Bertz CT molecular complexity index is 649. The van der Waals surface area contributed by atoms with Crippen LogP contribution in [0.4, 0.5) is 0 Å². The molecule has 0 N–H and O–H groups in total. The van der Waals surface area contributed by atoms with Crippen LogP contribution in [0.1, 0.15) is 49.5 Å². The fourth-order valence-corrected chi connectivity index (χ4v) is 3.26. The van der Waals surface area contributed by atoms with Gasteiger partial charge in [-0.25, -0.2) is 4.79 Å². The van der Waals surface area contributed by atoms with Crippen molar-refractivity contribution < 1.29 is 14.3 Å². The van der Waals surface area contributed by atoms with Crippen LogP contribution in [0.3, 0.4) is 0 Å². The van der Waals surface area contributed by atoms with Gasteiger partial charge < -0.3 is 4.74 Å². The third-order valence-electron chi connectivity index (χ3n) is 4.20. The van der Waals surface area contributed by atoms with Gasteiger partial charge in [-0.15, -0.1) is 0 Å². The summed E-state index contributed by atoms with van der Waals surface area (Å²) in [6.45, 7) is 5.56. The number of benzene rings is 1. The van der Waals surface area contributed by atoms with Crippen LogP contribution in [0.5, 0.6) is 0 Å². The number of allylic oxidation sites excluding steroid dienone is 1. The van der Waals surface area contributed by atoms with Crippen LogP contribution in [0, 0.1) is 5.41 Å². The molecule has 1 aromatic carbocycles. The number of Topliss-reactive ketones (excluding diaryl/α,β-unsaturated/α-hetero) is 1. The van der Waals surface area contributed by atoms with Crippen LogP contribution >= 0.6 is 0 Å². The number of rotatable bonds is 1. The number of carbonyl (C=O) groups is 2. The van der Waals surface area contributed by atoms with E-state index in [1.54, 1.807) is 0 Å². The van der Waals surface area contributed by atoms with Gasteiger partial charge in [-0.1, -0.05) is 30.3 Å². The standard InChI is InChI=1S/C18H20O3/c1-17(2,3)21-16(20)13-8-9-18(11-13)10-12-6-4-5-7-14(12)15(18)19/h4-8H,9-11H2,1-3H3. The Balaban J connectivity index is 1.78. The van der Waals surface area contributed by atoms with Crippen molar-refractivity contribution >= 4 is 11.8 Å². The first-order valence-electron chi connectivity index (χ1n) is 7.36. The van der Waals surface area contributed by atoms with Gasteiger partial charge in [0.1, 0.15) is 5.60 Å². The molecule has 3 rings (SSSR count). The molecule has 2 aliphatic carbocycles. The summed E-state index contributed by atoms with van der Waals surface area (Å²) in [7, 11) is 0. The fourth-order valence-electron chi connectivity index (χ4n) is 3.26. The molecule has 0 bridgehead atoms. The summed E-state index contributed by atoms with van der Waals surface area (Å²) in [5, 5.41) is 0. The Morgan fingerprint density at radius 2 is 1.90 bits per heavy atom. The first kappa shape index (κ1) is 14.1. The summed E-state index contributed by atoms with van der Waals surface area (Å²) in [6, 6.07) is 7.75. The molecule has 0 fully saturated rings. The number of hydrogen-bond donors (Lipinski definition) is 0. The summed E-state index contributed by atoms with van der Waals surface area (Å²) < 4.78 is 5.42. The molecule has 0 saturated carbocycles. The molecule has 3 heteroatoms. The normalized spacial score (nSPS) is 24.1. The monoisotopic (exact) mass is 284 g/mol. The molecule has 21 heavy (non-hydrogen) atoms. The van der Waals surface area contributed by atoms with E-state index in [2.05, 4.69) is 0 Å². The quantitative estimate of drug-likeness (QED) is 0.742. The zero-order chi connectivity index (χ0) is 15.3. The topological polar surface area (TPSA) is 43.4 Å². The Hall–Kier alpha value is -1.90. The Labute approximate surface area is 125 Å². The SMILES string of the molecule is CC(C)(C)OC(=O)C1=CCC2(C1)Cc1ccccc1C2=O. The van der Waals surface area contributed by atoms with Crippen molar-refractivity contribution in [2.45, 2.75) is 45.6 Å². The van der Waals surface area contributed by atoms with Gasteiger partial charge in [0.05, 0.1) is 0 Å². The minimum Gasteiger partial charge on any atom is -0.457 e. The van der Waals surface area contributed by atoms with Gasteiger partial charge in [-0.05, 0) is 45.6 Å². The van der Waals surface area contributed by atoms with E-state index in [4.69, 9.17) is 4.74 Å². The van der Waals surface area contributed by atoms with Crippen LogP contribution in [-0.2, 0) is 16.0 Å². The largest absolute Gasteiger partial charge is 0.457 e. The van der Waals surface area contributed by atoms with Crippen LogP contribution in [0.25, 0.3) is 0 Å². The maximum absolute atomic E-state index is 12.7. The van der Waals surface area contributed by atoms with Crippen LogP contribution in [-0.4, -0.2) is 17.4 Å². The molecule has 2 aliphatic rings. The van der Waals surface area contributed by atoms with Gasteiger partial charge >= 0.3 is 5.97 Å². The highest BCUT2D eigenvalue weighted by Gasteiger charge is 2.48. The van der Waals surface area contributed by atoms with E-state index >= 15 is 0 Å². The second-order valence-corrected chi connectivity index (χ2v) is 7.06. The Kier molecular flexibility index (Phi) is 3.05. The lowest BCUT2D eigenvalue weighted by Gasteiger charge is -2.23. The molecule has 0 heterocycles. The second-order valence-electron chi connectivity index (χ2n) is 7.06. The lowest BCUT2D eigenvalue weighted by molar-refractivity contribution is -0.150. The number of fused-ring (bicyclic) bond motifs is 1. The smallest absolute Gasteiger partial charge is 0.334 e. The highest BCUT2D eigenvalue weighted by Crippen LogP contribution is 2.48. The van der Waals surface area contributed by atoms with Crippen molar-refractivity contribution in [1.82, 2.24) is 0 Å². The first-order valence-corrected chi connectivity index (χ1v) is 7.36. The maximum atomic E-state index is 12.7. The zero-order valence-corrected chi connectivity index (χ0v) is 12.7. The highest BCUT2D eigenvalue weighted by atomic mass is 16.6. The number of carbonyl (C=O) groups excluding carboxylic acids is 2. The van der Waals surface area contributed by atoms with Gasteiger partial charge in [-0.2, -0.15) is 0 Å². The molecule has 110 valence electrons. The van der Waals surface area contributed by atoms with Crippen LogP contribution < -0.4 is 0 Å². The summed E-state index contributed by atoms with van der Waals surface area (Å²) >= 11 is 0. The lowest BCUT2D eigenvalue weighted by atomic mass is 9.80. The third-order valence-corrected chi connectivity index (χ3v) is 4.20. The zero-order valence-electron chi connectivity index (χ0n) is 12.7. The second kappa shape index (κ2) is 4.55. The molecule has 0 radical (unpaired) electrons. The Morgan fingerprint density at radius 1 is 1.19 bits per heavy atom. The molecule has 0 amide bonds. The summed E-state index contributed by atoms with van der Waals surface area (Å²) in [4.78, 5) is 24.9. The number of esters is 1. The van der Waals surface area contributed by atoms with E-state index in [1.165, 1.54) is 0 Å². The maximum Gasteiger partial charge on any atom is 0.334 e. The van der Waals surface area contributed by atoms with Crippen molar-refractivity contribution in [1.29, 1.82) is 0 Å². The molecule has 0 aromatic heterocycles. The summed E-state index contributed by atoms with van der Waals surface area (Å²) in [5.74, 6) is -0.115. The molecule has 1 aromatic rings. The van der Waals surface area contributed by atoms with Gasteiger partial charge in [0.25, 0.3) is 0 Å². The predicted molar refractivity (Wildman–Crippen MR) is 80.1 cm³/mol. The minimum atomic E-state index is -0.504. The molecular formula is C18H20O3. The number of ether oxygens (including phenoxy) is 1. The summed E-state index contributed by atoms with van der Waals surface area (Å²) in [6.07, 6.45) is 3.74. The van der Waals surface area contributed by atoms with E-state index in [9.17, 15) is 9.59 Å². The molecule has 0 aliphatic heterocycles. The number of ketones is 1. The van der Waals surface area contributed by atoms with E-state index in [0.29, 0.717) is 18.4 Å². The highest BCUT2D eigenvalue weighted by molar-refractivity contribution is 6.06. The Morgan fingerprint density at radius 3 is 2.57 bits per heavy atom. The van der Waals surface area contributed by atoms with Crippen molar-refractivity contribution in [3.05, 3.63) is 47.0 Å². The van der Waals surface area contributed by atoms with E-state index in [-0.39, 0.29) is 11.8 Å². The first-order chi connectivity index (χ1) is 9.81. The minimum absolute atomic E-state index is 0.174.